The van der Waals surface area contributed by atoms with Gasteiger partial charge in [0.25, 0.3) is 5.91 Å². The van der Waals surface area contributed by atoms with Crippen LogP contribution in [0, 0.1) is 5.92 Å². The van der Waals surface area contributed by atoms with E-state index in [1.807, 2.05) is 6.07 Å². The van der Waals surface area contributed by atoms with Gasteiger partial charge in [0.05, 0.1) is 12.8 Å². The molecule has 0 radical (unpaired) electrons. The number of ether oxygens (including phenoxy) is 3. The van der Waals surface area contributed by atoms with Gasteiger partial charge < -0.3 is 19.5 Å². The lowest BCUT2D eigenvalue weighted by molar-refractivity contribution is -0.127. The minimum atomic E-state index is -0.748. The summed E-state index contributed by atoms with van der Waals surface area (Å²) in [6.45, 7) is 5.98. The number of hydrogen-bond acceptors (Lipinski definition) is 6. The Morgan fingerprint density at radius 1 is 1.12 bits per heavy atom. The zero-order valence-electron chi connectivity index (χ0n) is 19.4. The lowest BCUT2D eigenvalue weighted by Gasteiger charge is -2.33. The number of methoxy groups -OCH3 is 1. The van der Waals surface area contributed by atoms with Crippen molar-refractivity contribution in [2.75, 3.05) is 31.8 Å². The molecule has 1 aliphatic rings. The lowest BCUT2D eigenvalue weighted by atomic mass is 10.1. The van der Waals surface area contributed by atoms with Gasteiger partial charge in [0.2, 0.25) is 5.91 Å². The number of fused-ring (bicyclic) bond motifs is 1. The Morgan fingerprint density at radius 2 is 1.85 bits per heavy atom. The number of hydrogen-bond donors (Lipinski definition) is 1. The zero-order chi connectivity index (χ0) is 24.0. The molecule has 0 aromatic heterocycles. The Bertz CT molecular complexity index is 1020. The number of nitrogens with one attached hydrogen (secondary N) is 1. The second kappa shape index (κ2) is 10.8. The third-order valence-electron chi connectivity index (χ3n) is 5.38. The van der Waals surface area contributed by atoms with Crippen LogP contribution in [0.15, 0.2) is 42.5 Å². The number of carbonyl (C=O) groups is 3. The quantitative estimate of drug-likeness (QED) is 0.554. The number of amides is 2. The molecule has 1 unspecified atom stereocenters. The summed E-state index contributed by atoms with van der Waals surface area (Å²) < 4.78 is 16.4. The van der Waals surface area contributed by atoms with E-state index in [0.29, 0.717) is 41.0 Å². The smallest absolute Gasteiger partial charge is 0.265 e. The molecule has 2 aromatic rings. The van der Waals surface area contributed by atoms with Gasteiger partial charge in [0.1, 0.15) is 11.8 Å². The molecule has 0 saturated heterocycles. The van der Waals surface area contributed by atoms with Gasteiger partial charge in [-0.1, -0.05) is 26.0 Å². The maximum atomic E-state index is 12.8. The van der Waals surface area contributed by atoms with Crippen LogP contribution in [0.25, 0.3) is 0 Å². The molecule has 0 fully saturated rings. The molecule has 1 N–H and O–H groups in total. The van der Waals surface area contributed by atoms with Crippen LogP contribution >= 0.6 is 0 Å². The monoisotopic (exact) mass is 454 g/mol. The van der Waals surface area contributed by atoms with Crippen LogP contribution < -0.4 is 24.4 Å². The average molecular weight is 455 g/mol. The number of rotatable bonds is 10. The predicted molar refractivity (Wildman–Crippen MR) is 124 cm³/mol. The van der Waals surface area contributed by atoms with Gasteiger partial charge in [-0.2, -0.15) is 0 Å². The summed E-state index contributed by atoms with van der Waals surface area (Å²) >= 11 is 0. The molecular weight excluding hydrogens is 424 g/mol. The Hall–Kier alpha value is -3.55. The fraction of sp³-hybridized carbons (Fsp3) is 0.400. The van der Waals surface area contributed by atoms with Crippen molar-refractivity contribution in [2.24, 2.45) is 5.92 Å². The minimum Gasteiger partial charge on any atom is -0.493 e. The standard InChI is InChI=1S/C25H30N2O6/c1-16(2)11-12-26-25(30)17(3)27-19-13-18(9-10-21(19)33-15-24(27)29)20(28)14-32-23-8-6-5-7-22(23)31-4/h5-10,13,16-17H,11-12,14-15H2,1-4H3,(H,26,30). The highest BCUT2D eigenvalue weighted by Gasteiger charge is 2.33. The van der Waals surface area contributed by atoms with E-state index in [4.69, 9.17) is 14.2 Å². The van der Waals surface area contributed by atoms with Crippen molar-refractivity contribution in [2.45, 2.75) is 33.2 Å². The molecule has 33 heavy (non-hydrogen) atoms. The molecule has 2 aromatic carbocycles. The molecule has 8 heteroatoms. The van der Waals surface area contributed by atoms with Crippen LogP contribution in [-0.4, -0.2) is 50.5 Å². The first-order valence-electron chi connectivity index (χ1n) is 11.0. The van der Waals surface area contributed by atoms with E-state index in [0.717, 1.165) is 6.42 Å². The van der Waals surface area contributed by atoms with Crippen molar-refractivity contribution in [1.82, 2.24) is 5.32 Å². The largest absolute Gasteiger partial charge is 0.493 e. The molecule has 8 nitrogen and oxygen atoms in total. The minimum absolute atomic E-state index is 0.166. The highest BCUT2D eigenvalue weighted by molar-refractivity contribution is 6.05. The van der Waals surface area contributed by atoms with Gasteiger partial charge in [-0.3, -0.25) is 19.3 Å². The van der Waals surface area contributed by atoms with Crippen LogP contribution in [-0.2, 0) is 9.59 Å². The van der Waals surface area contributed by atoms with Crippen LogP contribution in [0.3, 0.4) is 0 Å². The van der Waals surface area contributed by atoms with E-state index in [1.165, 1.54) is 12.0 Å². The van der Waals surface area contributed by atoms with E-state index < -0.39 is 6.04 Å². The fourth-order valence-electron chi connectivity index (χ4n) is 3.48. The predicted octanol–water partition coefficient (Wildman–Crippen LogP) is 3.23. The van der Waals surface area contributed by atoms with Crippen molar-refractivity contribution < 1.29 is 28.6 Å². The Labute approximate surface area is 193 Å². The highest BCUT2D eigenvalue weighted by Crippen LogP contribution is 2.35. The second-order valence-corrected chi connectivity index (χ2v) is 8.25. The van der Waals surface area contributed by atoms with Crippen LogP contribution in [0.4, 0.5) is 5.69 Å². The molecule has 0 spiro atoms. The molecule has 1 aliphatic heterocycles. The van der Waals surface area contributed by atoms with Crippen LogP contribution in [0.5, 0.6) is 17.2 Å². The molecule has 2 amide bonds. The van der Waals surface area contributed by atoms with Gasteiger partial charge in [-0.25, -0.2) is 0 Å². The summed E-state index contributed by atoms with van der Waals surface area (Å²) in [6, 6.07) is 11.1. The normalized spacial score (nSPS) is 13.7. The molecule has 176 valence electrons. The van der Waals surface area contributed by atoms with Crippen LogP contribution in [0.1, 0.15) is 37.6 Å². The SMILES string of the molecule is COc1ccccc1OCC(=O)c1ccc2c(c1)N(C(C)C(=O)NCCC(C)C)C(=O)CO2. The highest BCUT2D eigenvalue weighted by atomic mass is 16.5. The molecule has 3 rings (SSSR count). The Balaban J connectivity index is 1.76. The lowest BCUT2D eigenvalue weighted by Crippen LogP contribution is -2.51. The van der Waals surface area contributed by atoms with Crippen molar-refractivity contribution >= 4 is 23.3 Å². The number of Topliss-reactive ketones (excluding diaryl/α,β-unsaturated/α-hetero) is 1. The Kier molecular flexibility index (Phi) is 7.92. The van der Waals surface area contributed by atoms with Crippen LogP contribution in [0.2, 0.25) is 0 Å². The topological polar surface area (TPSA) is 94.2 Å². The summed E-state index contributed by atoms with van der Waals surface area (Å²) in [4.78, 5) is 39.5. The summed E-state index contributed by atoms with van der Waals surface area (Å²) in [5.41, 5.74) is 0.736. The van der Waals surface area contributed by atoms with E-state index >= 15 is 0 Å². The maximum Gasteiger partial charge on any atom is 0.265 e. The van der Waals surface area contributed by atoms with Crippen molar-refractivity contribution in [3.05, 3.63) is 48.0 Å². The van der Waals surface area contributed by atoms with E-state index in [2.05, 4.69) is 19.2 Å². The summed E-state index contributed by atoms with van der Waals surface area (Å²) in [6.07, 6.45) is 0.844. The Morgan fingerprint density at radius 3 is 2.55 bits per heavy atom. The number of benzene rings is 2. The van der Waals surface area contributed by atoms with Gasteiger partial charge in [-0.05, 0) is 49.6 Å². The molecule has 1 atom stereocenters. The average Bonchev–Trinajstić information content (AvgIpc) is 2.81. The first-order chi connectivity index (χ1) is 15.8. The van der Waals surface area contributed by atoms with E-state index in [9.17, 15) is 14.4 Å². The molecular formula is C25H30N2O6. The molecule has 0 bridgehead atoms. The summed E-state index contributed by atoms with van der Waals surface area (Å²) in [7, 11) is 1.53. The van der Waals surface area contributed by atoms with Crippen molar-refractivity contribution in [3.63, 3.8) is 0 Å². The number of nitrogens with zero attached hydrogens (tertiary/aromatic N) is 1. The first-order valence-corrected chi connectivity index (χ1v) is 11.0. The first kappa shape index (κ1) is 24.1. The van der Waals surface area contributed by atoms with Crippen molar-refractivity contribution in [3.8, 4) is 17.2 Å². The van der Waals surface area contributed by atoms with Gasteiger partial charge >= 0.3 is 0 Å². The summed E-state index contributed by atoms with van der Waals surface area (Å²) in [5, 5.41) is 2.88. The number of carbonyl (C=O) groups excluding carboxylic acids is 3. The third kappa shape index (κ3) is 5.83. The summed E-state index contributed by atoms with van der Waals surface area (Å²) in [5.74, 6) is 1.00. The number of ketones is 1. The fourth-order valence-corrected chi connectivity index (χ4v) is 3.48. The van der Waals surface area contributed by atoms with Gasteiger partial charge in [0, 0.05) is 12.1 Å². The van der Waals surface area contributed by atoms with E-state index in [1.54, 1.807) is 43.3 Å². The molecule has 1 heterocycles. The maximum absolute atomic E-state index is 12.8. The molecule has 0 aliphatic carbocycles. The van der Waals surface area contributed by atoms with Gasteiger partial charge in [-0.15, -0.1) is 0 Å². The number of anilines is 1. The third-order valence-corrected chi connectivity index (χ3v) is 5.38. The molecule has 0 saturated carbocycles. The van der Waals surface area contributed by atoms with Crippen molar-refractivity contribution in [1.29, 1.82) is 0 Å². The number of para-hydroxylation sites is 2. The zero-order valence-corrected chi connectivity index (χ0v) is 19.4. The van der Waals surface area contributed by atoms with Gasteiger partial charge in [0.15, 0.2) is 30.5 Å². The van der Waals surface area contributed by atoms with E-state index in [-0.39, 0.29) is 30.8 Å². The second-order valence-electron chi connectivity index (χ2n) is 8.25.